The number of nitrogens with zero attached hydrogens (tertiary/aromatic N) is 1. The summed E-state index contributed by atoms with van der Waals surface area (Å²) in [7, 11) is 0. The van der Waals surface area contributed by atoms with Crippen LogP contribution < -0.4 is 10.6 Å². The quantitative estimate of drug-likeness (QED) is 0.888. The number of aromatic nitrogens is 1. The van der Waals surface area contributed by atoms with Gasteiger partial charge in [0.2, 0.25) is 0 Å². The van der Waals surface area contributed by atoms with E-state index in [0.29, 0.717) is 17.7 Å². The Hall–Kier alpha value is -2.69. The molecular weight excluding hydrogens is 278 g/mol. The molecule has 114 valence electrons. The molecule has 0 fully saturated rings. The predicted octanol–water partition coefficient (Wildman–Crippen LogP) is 2.15. The Morgan fingerprint density at radius 3 is 2.45 bits per heavy atom. The van der Waals surface area contributed by atoms with E-state index in [2.05, 4.69) is 15.6 Å². The van der Waals surface area contributed by atoms with Crippen molar-refractivity contribution in [1.82, 2.24) is 15.6 Å². The third-order valence-electron chi connectivity index (χ3n) is 2.98. The lowest BCUT2D eigenvalue weighted by Gasteiger charge is -2.10. The van der Waals surface area contributed by atoms with Crippen molar-refractivity contribution >= 4 is 11.8 Å². The number of nitrogens with one attached hydrogen (secondary N) is 2. The zero-order valence-corrected chi connectivity index (χ0v) is 12.7. The molecule has 0 bridgehead atoms. The SMILES string of the molecule is CC(C)NC(=O)c1cccc(C(=O)NCc2cccnc2)c1. The topological polar surface area (TPSA) is 71.1 Å². The van der Waals surface area contributed by atoms with Crippen LogP contribution in [0, 0.1) is 0 Å². The molecule has 5 heteroatoms. The molecule has 0 spiro atoms. The molecule has 0 unspecified atom stereocenters. The average molecular weight is 297 g/mol. The number of rotatable bonds is 5. The van der Waals surface area contributed by atoms with Gasteiger partial charge in [-0.15, -0.1) is 0 Å². The van der Waals surface area contributed by atoms with Crippen molar-refractivity contribution in [1.29, 1.82) is 0 Å². The van der Waals surface area contributed by atoms with Gasteiger partial charge in [-0.2, -0.15) is 0 Å². The number of hydrogen-bond donors (Lipinski definition) is 2. The van der Waals surface area contributed by atoms with Crippen LogP contribution in [0.2, 0.25) is 0 Å². The molecule has 0 atom stereocenters. The van der Waals surface area contributed by atoms with Crippen LogP contribution in [0.4, 0.5) is 0 Å². The highest BCUT2D eigenvalue weighted by atomic mass is 16.2. The average Bonchev–Trinajstić information content (AvgIpc) is 2.53. The Bertz CT molecular complexity index is 654. The fourth-order valence-electron chi connectivity index (χ4n) is 1.93. The summed E-state index contributed by atoms with van der Waals surface area (Å²) in [4.78, 5) is 28.1. The Morgan fingerprint density at radius 1 is 1.09 bits per heavy atom. The van der Waals surface area contributed by atoms with Gasteiger partial charge in [-0.05, 0) is 43.7 Å². The van der Waals surface area contributed by atoms with Gasteiger partial charge in [0.25, 0.3) is 11.8 Å². The summed E-state index contributed by atoms with van der Waals surface area (Å²) in [6.45, 7) is 4.18. The van der Waals surface area contributed by atoms with Crippen LogP contribution in [-0.4, -0.2) is 22.8 Å². The first-order chi connectivity index (χ1) is 10.6. The predicted molar refractivity (Wildman–Crippen MR) is 84.5 cm³/mol. The van der Waals surface area contributed by atoms with Gasteiger partial charge in [0.05, 0.1) is 0 Å². The summed E-state index contributed by atoms with van der Waals surface area (Å²) in [5, 5.41) is 5.62. The summed E-state index contributed by atoms with van der Waals surface area (Å²) in [5.41, 5.74) is 1.85. The highest BCUT2D eigenvalue weighted by Gasteiger charge is 2.11. The van der Waals surface area contributed by atoms with Gasteiger partial charge in [-0.25, -0.2) is 0 Å². The normalized spacial score (nSPS) is 10.3. The Morgan fingerprint density at radius 2 is 1.82 bits per heavy atom. The van der Waals surface area contributed by atoms with Crippen molar-refractivity contribution in [2.45, 2.75) is 26.4 Å². The van der Waals surface area contributed by atoms with Gasteiger partial charge >= 0.3 is 0 Å². The fourth-order valence-corrected chi connectivity index (χ4v) is 1.93. The van der Waals surface area contributed by atoms with Gasteiger partial charge in [-0.1, -0.05) is 12.1 Å². The highest BCUT2D eigenvalue weighted by molar-refractivity contribution is 5.99. The van der Waals surface area contributed by atoms with Crippen molar-refractivity contribution in [3.05, 3.63) is 65.5 Å². The zero-order chi connectivity index (χ0) is 15.9. The van der Waals surface area contributed by atoms with Crippen LogP contribution in [0.15, 0.2) is 48.8 Å². The number of pyridine rings is 1. The minimum absolute atomic E-state index is 0.0514. The maximum absolute atomic E-state index is 12.2. The van der Waals surface area contributed by atoms with Crippen molar-refractivity contribution in [3.63, 3.8) is 0 Å². The Kier molecular flexibility index (Phi) is 5.25. The molecule has 22 heavy (non-hydrogen) atoms. The van der Waals surface area contributed by atoms with Crippen molar-refractivity contribution in [2.75, 3.05) is 0 Å². The molecule has 2 aromatic rings. The van der Waals surface area contributed by atoms with Crippen LogP contribution in [0.5, 0.6) is 0 Å². The summed E-state index contributed by atoms with van der Waals surface area (Å²) in [6, 6.07) is 10.4. The van der Waals surface area contributed by atoms with Crippen molar-refractivity contribution in [2.24, 2.45) is 0 Å². The van der Waals surface area contributed by atoms with Crippen molar-refractivity contribution < 1.29 is 9.59 Å². The molecule has 0 aliphatic carbocycles. The maximum atomic E-state index is 12.2. The van der Waals surface area contributed by atoms with Gasteiger partial charge in [0.15, 0.2) is 0 Å². The lowest BCUT2D eigenvalue weighted by Crippen LogP contribution is -2.30. The molecule has 2 N–H and O–H groups in total. The van der Waals surface area contributed by atoms with E-state index >= 15 is 0 Å². The minimum Gasteiger partial charge on any atom is -0.350 e. The van der Waals surface area contributed by atoms with E-state index in [-0.39, 0.29) is 17.9 Å². The van der Waals surface area contributed by atoms with E-state index in [9.17, 15) is 9.59 Å². The molecule has 1 aromatic carbocycles. The van der Waals surface area contributed by atoms with Gasteiger partial charge in [-0.3, -0.25) is 14.6 Å². The lowest BCUT2D eigenvalue weighted by atomic mass is 10.1. The van der Waals surface area contributed by atoms with Crippen LogP contribution in [0.3, 0.4) is 0 Å². The first-order valence-electron chi connectivity index (χ1n) is 7.14. The molecular formula is C17H19N3O2. The van der Waals surface area contributed by atoms with E-state index in [1.165, 1.54) is 0 Å². The van der Waals surface area contributed by atoms with E-state index in [4.69, 9.17) is 0 Å². The third-order valence-corrected chi connectivity index (χ3v) is 2.98. The van der Waals surface area contributed by atoms with Gasteiger partial charge in [0.1, 0.15) is 0 Å². The summed E-state index contributed by atoms with van der Waals surface area (Å²) < 4.78 is 0. The van der Waals surface area contributed by atoms with Crippen LogP contribution in [0.1, 0.15) is 40.1 Å². The molecule has 2 amide bonds. The second-order valence-corrected chi connectivity index (χ2v) is 5.25. The molecule has 0 aliphatic heterocycles. The van der Waals surface area contributed by atoms with Gasteiger partial charge in [0, 0.05) is 36.1 Å². The first kappa shape index (κ1) is 15.7. The van der Waals surface area contributed by atoms with E-state index in [1.54, 1.807) is 36.7 Å². The van der Waals surface area contributed by atoms with Gasteiger partial charge < -0.3 is 10.6 Å². The first-order valence-corrected chi connectivity index (χ1v) is 7.14. The minimum atomic E-state index is -0.219. The number of amides is 2. The number of hydrogen-bond acceptors (Lipinski definition) is 3. The maximum Gasteiger partial charge on any atom is 0.251 e. The number of benzene rings is 1. The fraction of sp³-hybridized carbons (Fsp3) is 0.235. The third kappa shape index (κ3) is 4.41. The number of carbonyl (C=O) groups excluding carboxylic acids is 2. The molecule has 0 radical (unpaired) electrons. The lowest BCUT2D eigenvalue weighted by molar-refractivity contribution is 0.0943. The second kappa shape index (κ2) is 7.36. The smallest absolute Gasteiger partial charge is 0.251 e. The molecule has 2 rings (SSSR count). The standard InChI is InChI=1S/C17H19N3O2/c1-12(2)20-17(22)15-7-3-6-14(9-15)16(21)19-11-13-5-4-8-18-10-13/h3-10,12H,11H2,1-2H3,(H,19,21)(H,20,22). The van der Waals surface area contributed by atoms with E-state index in [1.807, 2.05) is 26.0 Å². The van der Waals surface area contributed by atoms with E-state index in [0.717, 1.165) is 5.56 Å². The summed E-state index contributed by atoms with van der Waals surface area (Å²) >= 11 is 0. The second-order valence-electron chi connectivity index (χ2n) is 5.25. The summed E-state index contributed by atoms with van der Waals surface area (Å²) in [6.07, 6.45) is 3.38. The van der Waals surface area contributed by atoms with Crippen LogP contribution in [0.25, 0.3) is 0 Å². The molecule has 1 aromatic heterocycles. The van der Waals surface area contributed by atoms with Crippen LogP contribution in [-0.2, 0) is 6.54 Å². The summed E-state index contributed by atoms with van der Waals surface area (Å²) in [5.74, 6) is -0.403. The highest BCUT2D eigenvalue weighted by Crippen LogP contribution is 2.06. The van der Waals surface area contributed by atoms with Crippen LogP contribution >= 0.6 is 0 Å². The molecule has 1 heterocycles. The molecule has 0 saturated heterocycles. The largest absolute Gasteiger partial charge is 0.350 e. The molecule has 0 saturated carbocycles. The monoisotopic (exact) mass is 297 g/mol. The zero-order valence-electron chi connectivity index (χ0n) is 12.7. The molecule has 5 nitrogen and oxygen atoms in total. The Labute approximate surface area is 129 Å². The van der Waals surface area contributed by atoms with Crippen molar-refractivity contribution in [3.8, 4) is 0 Å². The Balaban J connectivity index is 2.02. The number of carbonyl (C=O) groups is 2. The van der Waals surface area contributed by atoms with E-state index < -0.39 is 0 Å². The molecule has 0 aliphatic rings.